The van der Waals surface area contributed by atoms with Gasteiger partial charge >= 0.3 is 0 Å². The molecular formula is C18H13N2O7S-. The maximum atomic E-state index is 12.2. The van der Waals surface area contributed by atoms with Gasteiger partial charge in [0.05, 0.1) is 6.21 Å². The van der Waals surface area contributed by atoms with E-state index in [1.165, 1.54) is 6.07 Å². The van der Waals surface area contributed by atoms with Gasteiger partial charge in [0.15, 0.2) is 21.6 Å². The molecule has 1 aromatic heterocycles. The van der Waals surface area contributed by atoms with Crippen LogP contribution in [0.1, 0.15) is 5.76 Å². The Kier molecular flexibility index (Phi) is 4.49. The fourth-order valence-electron chi connectivity index (χ4n) is 2.65. The van der Waals surface area contributed by atoms with Crippen molar-refractivity contribution in [1.29, 1.82) is 0 Å². The minimum absolute atomic E-state index is 0.00597. The SMILES string of the molecule is O=C(N/N=C\c1ccc(S(=O)(=O)[O-])o1)[C@@H]1COc2cc3ccccc3cc2O1. The lowest BCUT2D eigenvalue weighted by Crippen LogP contribution is -2.42. The first-order valence-electron chi connectivity index (χ1n) is 8.11. The number of carbonyl (C=O) groups excluding carboxylic acids is 1. The molecule has 1 N–H and O–H groups in total. The average molecular weight is 401 g/mol. The molecule has 0 unspecified atom stereocenters. The van der Waals surface area contributed by atoms with E-state index in [9.17, 15) is 17.8 Å². The summed E-state index contributed by atoms with van der Waals surface area (Å²) >= 11 is 0. The van der Waals surface area contributed by atoms with Gasteiger partial charge in [-0.2, -0.15) is 5.10 Å². The quantitative estimate of drug-likeness (QED) is 0.399. The Morgan fingerprint density at radius 2 is 1.86 bits per heavy atom. The van der Waals surface area contributed by atoms with Gasteiger partial charge in [-0.1, -0.05) is 24.3 Å². The third kappa shape index (κ3) is 3.68. The van der Waals surface area contributed by atoms with Crippen LogP contribution in [0.2, 0.25) is 0 Å². The van der Waals surface area contributed by atoms with Crippen LogP contribution in [0.15, 0.2) is 63.1 Å². The molecule has 28 heavy (non-hydrogen) atoms. The van der Waals surface area contributed by atoms with Crippen LogP contribution in [-0.4, -0.2) is 37.8 Å². The van der Waals surface area contributed by atoms with Crippen LogP contribution in [0.5, 0.6) is 11.5 Å². The van der Waals surface area contributed by atoms with E-state index in [-0.39, 0.29) is 12.4 Å². The Morgan fingerprint density at radius 3 is 2.54 bits per heavy atom. The Labute approximate surface area is 159 Å². The molecule has 0 fully saturated rings. The molecule has 0 bridgehead atoms. The lowest BCUT2D eigenvalue weighted by molar-refractivity contribution is -0.130. The predicted octanol–water partition coefficient (Wildman–Crippen LogP) is 1.63. The number of carbonyl (C=O) groups is 1. The number of hydrazone groups is 1. The van der Waals surface area contributed by atoms with Crippen LogP contribution in [-0.2, 0) is 14.9 Å². The van der Waals surface area contributed by atoms with Crippen LogP contribution in [0, 0.1) is 0 Å². The Hall–Kier alpha value is -3.37. The summed E-state index contributed by atoms with van der Waals surface area (Å²) in [5.74, 6) is 0.434. The molecule has 0 aliphatic carbocycles. The highest BCUT2D eigenvalue weighted by atomic mass is 32.2. The molecule has 144 valence electrons. The molecule has 4 rings (SSSR count). The van der Waals surface area contributed by atoms with Crippen LogP contribution < -0.4 is 14.9 Å². The summed E-state index contributed by atoms with van der Waals surface area (Å²) in [7, 11) is -4.69. The number of ether oxygens (including phenoxy) is 2. The zero-order valence-corrected chi connectivity index (χ0v) is 15.0. The zero-order valence-electron chi connectivity index (χ0n) is 14.2. The molecule has 2 aromatic carbocycles. The Morgan fingerprint density at radius 1 is 1.14 bits per heavy atom. The Balaban J connectivity index is 1.42. The molecule has 1 aliphatic rings. The van der Waals surface area contributed by atoms with Crippen LogP contribution >= 0.6 is 0 Å². The normalized spacial score (nSPS) is 16.4. The van der Waals surface area contributed by atoms with E-state index in [1.807, 2.05) is 30.3 Å². The van der Waals surface area contributed by atoms with Crippen molar-refractivity contribution in [3.8, 4) is 11.5 Å². The van der Waals surface area contributed by atoms with Gasteiger partial charge in [0.25, 0.3) is 5.91 Å². The van der Waals surface area contributed by atoms with Crippen molar-refractivity contribution in [3.63, 3.8) is 0 Å². The second-order valence-corrected chi connectivity index (χ2v) is 7.22. The number of furan rings is 1. The lowest BCUT2D eigenvalue weighted by atomic mass is 10.1. The molecule has 0 radical (unpaired) electrons. The van der Waals surface area contributed by atoms with Gasteiger partial charge in [0.2, 0.25) is 11.2 Å². The van der Waals surface area contributed by atoms with Crippen molar-refractivity contribution in [1.82, 2.24) is 5.43 Å². The van der Waals surface area contributed by atoms with Gasteiger partial charge in [-0.15, -0.1) is 0 Å². The monoisotopic (exact) mass is 401 g/mol. The number of hydrogen-bond donors (Lipinski definition) is 1. The number of hydrogen-bond acceptors (Lipinski definition) is 8. The minimum atomic E-state index is -4.69. The van der Waals surface area contributed by atoms with E-state index in [0.717, 1.165) is 23.1 Å². The lowest BCUT2D eigenvalue weighted by Gasteiger charge is -2.25. The van der Waals surface area contributed by atoms with Gasteiger partial charge in [-0.25, -0.2) is 13.8 Å². The van der Waals surface area contributed by atoms with E-state index < -0.39 is 27.2 Å². The highest BCUT2D eigenvalue weighted by molar-refractivity contribution is 7.85. The predicted molar refractivity (Wildman–Crippen MR) is 96.3 cm³/mol. The van der Waals surface area contributed by atoms with E-state index in [1.54, 1.807) is 6.07 Å². The molecule has 10 heteroatoms. The number of amides is 1. The topological polar surface area (TPSA) is 130 Å². The molecule has 0 spiro atoms. The molecular weight excluding hydrogens is 388 g/mol. The molecule has 0 saturated carbocycles. The molecule has 2 heterocycles. The summed E-state index contributed by atoms with van der Waals surface area (Å²) in [6.07, 6.45) is 0.151. The average Bonchev–Trinajstić information content (AvgIpc) is 3.15. The van der Waals surface area contributed by atoms with Crippen molar-refractivity contribution in [2.75, 3.05) is 6.61 Å². The zero-order chi connectivity index (χ0) is 19.7. The second-order valence-electron chi connectivity index (χ2n) is 5.91. The van der Waals surface area contributed by atoms with Crippen molar-refractivity contribution < 1.29 is 31.7 Å². The summed E-state index contributed by atoms with van der Waals surface area (Å²) in [5, 5.41) is 4.88. The van der Waals surface area contributed by atoms with E-state index >= 15 is 0 Å². The maximum absolute atomic E-state index is 12.2. The first kappa shape index (κ1) is 18.0. The summed E-state index contributed by atoms with van der Waals surface area (Å²) in [5.41, 5.74) is 2.25. The first-order chi connectivity index (χ1) is 13.4. The largest absolute Gasteiger partial charge is 0.742 e. The number of benzene rings is 2. The number of fused-ring (bicyclic) bond motifs is 2. The van der Waals surface area contributed by atoms with Crippen molar-refractivity contribution in [3.05, 3.63) is 54.3 Å². The highest BCUT2D eigenvalue weighted by Gasteiger charge is 2.27. The summed E-state index contributed by atoms with van der Waals surface area (Å²) < 4.78 is 48.6. The van der Waals surface area contributed by atoms with Gasteiger partial charge in [-0.3, -0.25) is 4.79 Å². The molecule has 9 nitrogen and oxygen atoms in total. The van der Waals surface area contributed by atoms with E-state index in [2.05, 4.69) is 10.5 Å². The maximum Gasteiger partial charge on any atom is 0.284 e. The summed E-state index contributed by atoms with van der Waals surface area (Å²) in [6.45, 7) is 0.00597. The van der Waals surface area contributed by atoms with Gasteiger partial charge in [0.1, 0.15) is 12.4 Å². The second kappa shape index (κ2) is 6.98. The molecule has 1 atom stereocenters. The van der Waals surface area contributed by atoms with Crippen molar-refractivity contribution in [2.45, 2.75) is 11.2 Å². The van der Waals surface area contributed by atoms with Crippen LogP contribution in [0.4, 0.5) is 0 Å². The third-order valence-electron chi connectivity index (χ3n) is 3.98. The standard InChI is InChI=1S/C18H14N2O7S/c21-18(20-19-9-13-5-6-17(26-13)28(22,23)24)16-10-25-14-7-11-3-1-2-4-12(11)8-15(14)27-16/h1-9,16H,10H2,(H,20,21)(H,22,23,24)/p-1/b19-9-/t16-/m0/s1. The fourth-order valence-corrected chi connectivity index (χ4v) is 3.09. The summed E-state index contributed by atoms with van der Waals surface area (Å²) in [4.78, 5) is 12.2. The van der Waals surface area contributed by atoms with Crippen LogP contribution in [0.3, 0.4) is 0 Å². The summed E-state index contributed by atoms with van der Waals surface area (Å²) in [6, 6.07) is 13.6. The van der Waals surface area contributed by atoms with Crippen LogP contribution in [0.25, 0.3) is 10.8 Å². The molecule has 1 amide bonds. The number of nitrogens with one attached hydrogen (secondary N) is 1. The molecule has 1 aliphatic heterocycles. The molecule has 0 saturated heterocycles. The van der Waals surface area contributed by atoms with Crippen molar-refractivity contribution >= 4 is 33.0 Å². The highest BCUT2D eigenvalue weighted by Crippen LogP contribution is 2.35. The third-order valence-corrected chi connectivity index (χ3v) is 4.69. The first-order valence-corrected chi connectivity index (χ1v) is 9.52. The van der Waals surface area contributed by atoms with E-state index in [4.69, 9.17) is 13.9 Å². The smallest absolute Gasteiger partial charge is 0.284 e. The van der Waals surface area contributed by atoms with Crippen molar-refractivity contribution in [2.24, 2.45) is 5.10 Å². The Bertz CT molecular complexity index is 1180. The molecule has 3 aromatic rings. The van der Waals surface area contributed by atoms with Gasteiger partial charge in [0, 0.05) is 0 Å². The number of rotatable bonds is 4. The van der Waals surface area contributed by atoms with Gasteiger partial charge < -0.3 is 18.4 Å². The van der Waals surface area contributed by atoms with E-state index in [0.29, 0.717) is 11.5 Å². The number of nitrogens with zero attached hydrogens (tertiary/aromatic N) is 1. The minimum Gasteiger partial charge on any atom is -0.742 e. The fraction of sp³-hybridized carbons (Fsp3) is 0.111. The van der Waals surface area contributed by atoms with Gasteiger partial charge in [-0.05, 0) is 35.0 Å².